The van der Waals surface area contributed by atoms with Gasteiger partial charge in [-0.25, -0.2) is 9.97 Å². The highest BCUT2D eigenvalue weighted by molar-refractivity contribution is 5.92. The Morgan fingerprint density at radius 2 is 1.87 bits per heavy atom. The Morgan fingerprint density at radius 1 is 1.00 bits per heavy atom. The Hall–Kier alpha value is -3.60. The van der Waals surface area contributed by atoms with Crippen LogP contribution in [0.5, 0.6) is 5.75 Å². The van der Waals surface area contributed by atoms with Gasteiger partial charge in [0.05, 0.1) is 29.4 Å². The van der Waals surface area contributed by atoms with Gasteiger partial charge in [-0.1, -0.05) is 6.07 Å². The highest BCUT2D eigenvalue weighted by atomic mass is 16.5. The van der Waals surface area contributed by atoms with Crippen LogP contribution in [-0.4, -0.2) is 27.8 Å². The molecule has 0 aliphatic carbocycles. The lowest BCUT2D eigenvalue weighted by Crippen LogP contribution is -2.06. The van der Waals surface area contributed by atoms with Gasteiger partial charge in [-0.2, -0.15) is 0 Å². The third-order valence-corrected chi connectivity index (χ3v) is 5.56. The summed E-state index contributed by atoms with van der Waals surface area (Å²) in [4.78, 5) is 18.8. The van der Waals surface area contributed by atoms with Gasteiger partial charge in [0, 0.05) is 29.6 Å². The van der Waals surface area contributed by atoms with Gasteiger partial charge >= 0.3 is 0 Å². The predicted octanol–water partition coefficient (Wildman–Crippen LogP) is 5.56. The molecule has 0 amide bonds. The molecule has 0 fully saturated rings. The van der Waals surface area contributed by atoms with Crippen LogP contribution in [0.4, 0.5) is 5.69 Å². The second kappa shape index (κ2) is 7.34. The highest BCUT2D eigenvalue weighted by Crippen LogP contribution is 2.40. The van der Waals surface area contributed by atoms with E-state index in [4.69, 9.17) is 19.7 Å². The van der Waals surface area contributed by atoms with Crippen LogP contribution in [-0.2, 0) is 0 Å². The number of hydrogen-bond donors (Lipinski definition) is 0. The molecule has 1 atom stereocenters. The van der Waals surface area contributed by atoms with Crippen LogP contribution in [0.3, 0.4) is 0 Å². The molecule has 5 nitrogen and oxygen atoms in total. The van der Waals surface area contributed by atoms with Crippen LogP contribution in [0.2, 0.25) is 0 Å². The topological polar surface area (TPSA) is 60.3 Å². The number of aliphatic imine (C=N–C) groups is 1. The number of aromatic nitrogens is 3. The number of rotatable bonds is 4. The van der Waals surface area contributed by atoms with E-state index in [1.165, 1.54) is 16.7 Å². The number of nitrogens with zero attached hydrogens (tertiary/aromatic N) is 4. The van der Waals surface area contributed by atoms with E-state index in [2.05, 4.69) is 31.0 Å². The largest absolute Gasteiger partial charge is 0.494 e. The molecule has 148 valence electrons. The van der Waals surface area contributed by atoms with Crippen LogP contribution in [0.1, 0.15) is 35.2 Å². The summed E-state index contributed by atoms with van der Waals surface area (Å²) in [7, 11) is 0. The molecule has 0 N–H and O–H groups in total. The lowest BCUT2D eigenvalue weighted by Gasteiger charge is -2.16. The SMILES string of the molecule is CCOc1ccc2nc(-c3cccnc3)nc(C3C=Nc4cc(C)c(C)cc43)c2c1. The van der Waals surface area contributed by atoms with Crippen LogP contribution in [0.15, 0.2) is 59.9 Å². The summed E-state index contributed by atoms with van der Waals surface area (Å²) < 4.78 is 5.75. The molecule has 5 heteroatoms. The van der Waals surface area contributed by atoms with Gasteiger partial charge < -0.3 is 4.74 Å². The fourth-order valence-corrected chi connectivity index (χ4v) is 3.89. The molecule has 0 saturated carbocycles. The minimum absolute atomic E-state index is 0.0305. The van der Waals surface area contributed by atoms with E-state index in [9.17, 15) is 0 Å². The quantitative estimate of drug-likeness (QED) is 0.455. The third kappa shape index (κ3) is 3.12. The van der Waals surface area contributed by atoms with Gasteiger partial charge in [0.1, 0.15) is 5.75 Å². The summed E-state index contributed by atoms with van der Waals surface area (Å²) in [5, 5.41) is 0.983. The normalized spacial score (nSPS) is 14.8. The molecule has 30 heavy (non-hydrogen) atoms. The monoisotopic (exact) mass is 394 g/mol. The summed E-state index contributed by atoms with van der Waals surface area (Å²) in [6.45, 7) is 6.85. The Labute approximate surface area is 175 Å². The lowest BCUT2D eigenvalue weighted by atomic mass is 9.92. The van der Waals surface area contributed by atoms with Crippen molar-refractivity contribution in [3.8, 4) is 17.1 Å². The Kier molecular flexibility index (Phi) is 4.51. The van der Waals surface area contributed by atoms with Crippen molar-refractivity contribution >= 4 is 22.8 Å². The van der Waals surface area contributed by atoms with E-state index in [1.807, 2.05) is 43.5 Å². The predicted molar refractivity (Wildman–Crippen MR) is 120 cm³/mol. The molecule has 0 saturated heterocycles. The van der Waals surface area contributed by atoms with Crippen molar-refractivity contribution in [2.24, 2.45) is 4.99 Å². The molecule has 2 aromatic heterocycles. The van der Waals surface area contributed by atoms with Crippen molar-refractivity contribution in [3.63, 3.8) is 0 Å². The Bertz CT molecular complexity index is 1280. The average molecular weight is 394 g/mol. The summed E-state index contributed by atoms with van der Waals surface area (Å²) in [5.41, 5.74) is 7.40. The summed E-state index contributed by atoms with van der Waals surface area (Å²) in [6.07, 6.45) is 5.54. The average Bonchev–Trinajstić information content (AvgIpc) is 3.16. The number of pyridine rings is 1. The van der Waals surface area contributed by atoms with Crippen molar-refractivity contribution in [3.05, 3.63) is 77.2 Å². The zero-order chi connectivity index (χ0) is 20.7. The van der Waals surface area contributed by atoms with Gasteiger partial charge in [-0.05, 0) is 73.9 Å². The number of benzene rings is 2. The minimum Gasteiger partial charge on any atom is -0.494 e. The van der Waals surface area contributed by atoms with Gasteiger partial charge in [0.25, 0.3) is 0 Å². The van der Waals surface area contributed by atoms with E-state index in [0.29, 0.717) is 12.4 Å². The smallest absolute Gasteiger partial charge is 0.161 e. The molecule has 1 aliphatic rings. The van der Waals surface area contributed by atoms with E-state index in [0.717, 1.165) is 33.6 Å². The van der Waals surface area contributed by atoms with Crippen molar-refractivity contribution < 1.29 is 4.74 Å². The first kappa shape index (κ1) is 18.4. The Morgan fingerprint density at radius 3 is 2.67 bits per heavy atom. The van der Waals surface area contributed by atoms with Crippen molar-refractivity contribution in [2.45, 2.75) is 26.7 Å². The fourth-order valence-electron chi connectivity index (χ4n) is 3.89. The van der Waals surface area contributed by atoms with E-state index < -0.39 is 0 Å². The number of fused-ring (bicyclic) bond motifs is 2. The van der Waals surface area contributed by atoms with Crippen molar-refractivity contribution in [1.82, 2.24) is 15.0 Å². The van der Waals surface area contributed by atoms with E-state index >= 15 is 0 Å². The van der Waals surface area contributed by atoms with Gasteiger partial charge in [-0.3, -0.25) is 9.98 Å². The van der Waals surface area contributed by atoms with Crippen LogP contribution >= 0.6 is 0 Å². The number of aryl methyl sites for hydroxylation is 2. The summed E-state index contributed by atoms with van der Waals surface area (Å²) >= 11 is 0. The van der Waals surface area contributed by atoms with Crippen LogP contribution in [0, 0.1) is 13.8 Å². The molecule has 2 aromatic carbocycles. The maximum Gasteiger partial charge on any atom is 0.161 e. The molecule has 5 rings (SSSR count). The standard InChI is InChI=1S/C25H22N4O/c1-4-30-18-7-8-22-20(12-18)24(29-25(28-22)17-6-5-9-26-13-17)21-14-27-23-11-16(3)15(2)10-19(21)23/h5-14,21H,4H2,1-3H3. The van der Waals surface area contributed by atoms with Crippen LogP contribution < -0.4 is 4.74 Å². The molecule has 1 aliphatic heterocycles. The first-order chi connectivity index (χ1) is 14.6. The first-order valence-electron chi connectivity index (χ1n) is 10.1. The molecule has 1 unspecified atom stereocenters. The second-order valence-electron chi connectivity index (χ2n) is 7.54. The number of hydrogen-bond acceptors (Lipinski definition) is 5. The zero-order valence-electron chi connectivity index (χ0n) is 17.3. The Balaban J connectivity index is 1.75. The summed E-state index contributed by atoms with van der Waals surface area (Å²) in [5.74, 6) is 1.46. The second-order valence-corrected chi connectivity index (χ2v) is 7.54. The molecular formula is C25H22N4O. The maximum atomic E-state index is 5.75. The fraction of sp³-hybridized carbons (Fsp3) is 0.200. The summed E-state index contributed by atoms with van der Waals surface area (Å²) in [6, 6.07) is 14.3. The molecule has 0 spiro atoms. The van der Waals surface area contributed by atoms with Gasteiger partial charge in [0.2, 0.25) is 0 Å². The molecule has 0 radical (unpaired) electrons. The maximum absolute atomic E-state index is 5.75. The first-order valence-corrected chi connectivity index (χ1v) is 10.1. The minimum atomic E-state index is -0.0305. The third-order valence-electron chi connectivity index (χ3n) is 5.56. The van der Waals surface area contributed by atoms with Crippen molar-refractivity contribution in [2.75, 3.05) is 6.61 Å². The van der Waals surface area contributed by atoms with Crippen LogP contribution in [0.25, 0.3) is 22.3 Å². The number of ether oxygens (including phenoxy) is 1. The molecule has 0 bridgehead atoms. The highest BCUT2D eigenvalue weighted by Gasteiger charge is 2.26. The lowest BCUT2D eigenvalue weighted by molar-refractivity contribution is 0.340. The van der Waals surface area contributed by atoms with Gasteiger partial charge in [-0.15, -0.1) is 0 Å². The van der Waals surface area contributed by atoms with Crippen molar-refractivity contribution in [1.29, 1.82) is 0 Å². The van der Waals surface area contributed by atoms with E-state index in [1.54, 1.807) is 12.4 Å². The van der Waals surface area contributed by atoms with E-state index in [-0.39, 0.29) is 5.92 Å². The molecule has 4 aromatic rings. The molecular weight excluding hydrogens is 372 g/mol. The zero-order valence-corrected chi connectivity index (χ0v) is 17.3. The molecule has 3 heterocycles. The van der Waals surface area contributed by atoms with Gasteiger partial charge in [0.15, 0.2) is 5.82 Å².